The first-order valence-corrected chi connectivity index (χ1v) is 5.56. The number of hydrogen-bond donors (Lipinski definition) is 1. The standard InChI is InChI=1S/C9H12N2O4S/c1-2-10(5-9(12)13)4-7-3-8(11(14)15)16-6-7/h3,6H,2,4-5H2,1H3,(H,12,13). The molecule has 0 aliphatic rings. The number of carboxylic acid groups (broad SMARTS) is 1. The van der Waals surface area contributed by atoms with Gasteiger partial charge in [-0.05, 0) is 12.1 Å². The van der Waals surface area contributed by atoms with Crippen molar-refractivity contribution in [2.75, 3.05) is 13.1 Å². The van der Waals surface area contributed by atoms with Gasteiger partial charge in [-0.15, -0.1) is 0 Å². The molecule has 1 rings (SSSR count). The molecule has 0 unspecified atom stereocenters. The van der Waals surface area contributed by atoms with Gasteiger partial charge in [-0.1, -0.05) is 18.3 Å². The van der Waals surface area contributed by atoms with Crippen molar-refractivity contribution in [3.05, 3.63) is 27.1 Å². The fourth-order valence-corrected chi connectivity index (χ4v) is 1.99. The molecule has 0 spiro atoms. The smallest absolute Gasteiger partial charge is 0.324 e. The molecule has 1 heterocycles. The van der Waals surface area contributed by atoms with Crippen LogP contribution in [-0.2, 0) is 11.3 Å². The average molecular weight is 244 g/mol. The highest BCUT2D eigenvalue weighted by Gasteiger charge is 2.13. The Morgan fingerprint density at radius 3 is 2.81 bits per heavy atom. The molecule has 1 aromatic heterocycles. The Kier molecular flexibility index (Phi) is 4.39. The van der Waals surface area contributed by atoms with Gasteiger partial charge in [-0.3, -0.25) is 19.8 Å². The molecule has 0 amide bonds. The summed E-state index contributed by atoms with van der Waals surface area (Å²) in [6.45, 7) is 2.81. The lowest BCUT2D eigenvalue weighted by Crippen LogP contribution is -2.28. The van der Waals surface area contributed by atoms with E-state index < -0.39 is 10.9 Å². The van der Waals surface area contributed by atoms with E-state index in [2.05, 4.69) is 0 Å². The Labute approximate surface area is 96.3 Å². The highest BCUT2D eigenvalue weighted by atomic mass is 32.1. The van der Waals surface area contributed by atoms with Gasteiger partial charge < -0.3 is 5.11 Å². The third-order valence-electron chi connectivity index (χ3n) is 2.03. The van der Waals surface area contributed by atoms with Gasteiger partial charge in [0.15, 0.2) is 0 Å². The van der Waals surface area contributed by atoms with Crippen LogP contribution in [0.15, 0.2) is 11.4 Å². The minimum absolute atomic E-state index is 0.0554. The molecular formula is C9H12N2O4S. The summed E-state index contributed by atoms with van der Waals surface area (Å²) in [5, 5.41) is 20.9. The maximum absolute atomic E-state index is 10.5. The lowest BCUT2D eigenvalue weighted by molar-refractivity contribution is -0.380. The van der Waals surface area contributed by atoms with E-state index in [-0.39, 0.29) is 11.5 Å². The highest BCUT2D eigenvalue weighted by Crippen LogP contribution is 2.23. The van der Waals surface area contributed by atoms with Crippen LogP contribution in [0.2, 0.25) is 0 Å². The molecule has 1 N–H and O–H groups in total. The van der Waals surface area contributed by atoms with Crippen molar-refractivity contribution in [3.63, 3.8) is 0 Å². The average Bonchev–Trinajstić information content (AvgIpc) is 2.64. The summed E-state index contributed by atoms with van der Waals surface area (Å²) in [4.78, 5) is 22.2. The third kappa shape index (κ3) is 3.59. The van der Waals surface area contributed by atoms with E-state index in [1.807, 2.05) is 6.92 Å². The first kappa shape index (κ1) is 12.6. The molecule has 0 bridgehead atoms. The predicted molar refractivity (Wildman–Crippen MR) is 59.6 cm³/mol. The van der Waals surface area contributed by atoms with Crippen molar-refractivity contribution < 1.29 is 14.8 Å². The third-order valence-corrected chi connectivity index (χ3v) is 2.96. The largest absolute Gasteiger partial charge is 0.480 e. The van der Waals surface area contributed by atoms with E-state index in [1.165, 1.54) is 6.07 Å². The van der Waals surface area contributed by atoms with Crippen LogP contribution in [0.25, 0.3) is 0 Å². The van der Waals surface area contributed by atoms with Crippen LogP contribution in [0.3, 0.4) is 0 Å². The van der Waals surface area contributed by atoms with Crippen LogP contribution in [0.1, 0.15) is 12.5 Å². The zero-order valence-corrected chi connectivity index (χ0v) is 9.57. The minimum Gasteiger partial charge on any atom is -0.480 e. The maximum atomic E-state index is 10.5. The van der Waals surface area contributed by atoms with Crippen LogP contribution < -0.4 is 0 Å². The number of nitrogens with zero attached hydrogens (tertiary/aromatic N) is 2. The van der Waals surface area contributed by atoms with Crippen molar-refractivity contribution in [2.24, 2.45) is 0 Å². The number of rotatable bonds is 6. The number of nitro groups is 1. The van der Waals surface area contributed by atoms with Crippen molar-refractivity contribution in [2.45, 2.75) is 13.5 Å². The van der Waals surface area contributed by atoms with Crippen molar-refractivity contribution in [1.82, 2.24) is 4.90 Å². The fourth-order valence-electron chi connectivity index (χ4n) is 1.27. The van der Waals surface area contributed by atoms with Gasteiger partial charge in [0.1, 0.15) is 0 Å². The summed E-state index contributed by atoms with van der Waals surface area (Å²) in [6.07, 6.45) is 0. The summed E-state index contributed by atoms with van der Waals surface area (Å²) < 4.78 is 0. The predicted octanol–water partition coefficient (Wildman–Crippen LogP) is 1.56. The van der Waals surface area contributed by atoms with Gasteiger partial charge in [0, 0.05) is 18.0 Å². The van der Waals surface area contributed by atoms with E-state index in [9.17, 15) is 14.9 Å². The SMILES string of the molecule is CCN(CC(=O)O)Cc1csc([N+](=O)[O-])c1. The molecule has 0 fully saturated rings. The summed E-state index contributed by atoms with van der Waals surface area (Å²) in [5.74, 6) is -0.897. The normalized spacial score (nSPS) is 10.6. The quantitative estimate of drug-likeness (QED) is 0.606. The van der Waals surface area contributed by atoms with Crippen LogP contribution in [0.5, 0.6) is 0 Å². The fraction of sp³-hybridized carbons (Fsp3) is 0.444. The summed E-state index contributed by atoms with van der Waals surface area (Å²) >= 11 is 1.06. The van der Waals surface area contributed by atoms with Crippen molar-refractivity contribution in [1.29, 1.82) is 0 Å². The Balaban J connectivity index is 2.63. The molecule has 0 aliphatic heterocycles. The van der Waals surface area contributed by atoms with E-state index in [1.54, 1.807) is 10.3 Å². The van der Waals surface area contributed by atoms with Gasteiger partial charge in [-0.25, -0.2) is 0 Å². The zero-order chi connectivity index (χ0) is 12.1. The Morgan fingerprint density at radius 1 is 1.69 bits per heavy atom. The first-order chi connectivity index (χ1) is 7.52. The van der Waals surface area contributed by atoms with E-state index in [0.29, 0.717) is 13.1 Å². The topological polar surface area (TPSA) is 83.7 Å². The molecule has 16 heavy (non-hydrogen) atoms. The Bertz CT molecular complexity index is 391. The maximum Gasteiger partial charge on any atom is 0.324 e. The molecule has 0 saturated carbocycles. The number of thiophene rings is 1. The number of likely N-dealkylation sites (N-methyl/N-ethyl adjacent to an activating group) is 1. The summed E-state index contributed by atoms with van der Waals surface area (Å²) in [6, 6.07) is 1.48. The molecule has 0 aliphatic carbocycles. The number of carbonyl (C=O) groups is 1. The molecule has 6 nitrogen and oxygen atoms in total. The second kappa shape index (κ2) is 5.57. The number of carboxylic acids is 1. The van der Waals surface area contributed by atoms with Crippen LogP contribution in [0, 0.1) is 10.1 Å². The summed E-state index contributed by atoms with van der Waals surface area (Å²) in [5.41, 5.74) is 0.778. The lowest BCUT2D eigenvalue weighted by atomic mass is 10.3. The van der Waals surface area contributed by atoms with Crippen molar-refractivity contribution >= 4 is 22.3 Å². The van der Waals surface area contributed by atoms with Crippen molar-refractivity contribution in [3.8, 4) is 0 Å². The Hall–Kier alpha value is -1.47. The van der Waals surface area contributed by atoms with Crippen LogP contribution >= 0.6 is 11.3 Å². The van der Waals surface area contributed by atoms with Gasteiger partial charge in [0.05, 0.1) is 11.5 Å². The second-order valence-electron chi connectivity index (χ2n) is 3.25. The van der Waals surface area contributed by atoms with Crippen LogP contribution in [0.4, 0.5) is 5.00 Å². The molecule has 0 saturated heterocycles. The second-order valence-corrected chi connectivity index (χ2v) is 4.14. The Morgan fingerprint density at radius 2 is 2.38 bits per heavy atom. The molecule has 88 valence electrons. The highest BCUT2D eigenvalue weighted by molar-refractivity contribution is 7.13. The van der Waals surface area contributed by atoms with Gasteiger partial charge in [-0.2, -0.15) is 0 Å². The number of hydrogen-bond acceptors (Lipinski definition) is 5. The monoisotopic (exact) mass is 244 g/mol. The molecule has 0 radical (unpaired) electrons. The van der Waals surface area contributed by atoms with Crippen LogP contribution in [-0.4, -0.2) is 34.0 Å². The number of aliphatic carboxylic acids is 1. The summed E-state index contributed by atoms with van der Waals surface area (Å²) in [7, 11) is 0. The van der Waals surface area contributed by atoms with Gasteiger partial charge in [0.25, 0.3) is 0 Å². The molecular weight excluding hydrogens is 232 g/mol. The van der Waals surface area contributed by atoms with Gasteiger partial charge >= 0.3 is 11.0 Å². The molecule has 0 aromatic carbocycles. The zero-order valence-electron chi connectivity index (χ0n) is 8.75. The lowest BCUT2D eigenvalue weighted by Gasteiger charge is -2.16. The molecule has 7 heteroatoms. The van der Waals surface area contributed by atoms with E-state index >= 15 is 0 Å². The van der Waals surface area contributed by atoms with Gasteiger partial charge in [0.2, 0.25) is 0 Å². The van der Waals surface area contributed by atoms with E-state index in [4.69, 9.17) is 5.11 Å². The molecule has 1 aromatic rings. The minimum atomic E-state index is -0.897. The first-order valence-electron chi connectivity index (χ1n) is 4.69. The molecule has 0 atom stereocenters. The van der Waals surface area contributed by atoms with E-state index in [0.717, 1.165) is 16.9 Å².